The van der Waals surface area contributed by atoms with E-state index in [9.17, 15) is 4.79 Å². The van der Waals surface area contributed by atoms with Crippen molar-refractivity contribution in [3.8, 4) is 0 Å². The normalized spacial score (nSPS) is 12.0. The Morgan fingerprint density at radius 1 is 1.48 bits per heavy atom. The maximum atomic E-state index is 12.2. The smallest absolute Gasteiger partial charge is 0.237 e. The van der Waals surface area contributed by atoms with E-state index in [-0.39, 0.29) is 11.2 Å². The second-order valence-electron chi connectivity index (χ2n) is 4.55. The Morgan fingerprint density at radius 2 is 2.30 bits per heavy atom. The van der Waals surface area contributed by atoms with E-state index < -0.39 is 0 Å². The van der Waals surface area contributed by atoms with Crippen molar-refractivity contribution in [3.63, 3.8) is 0 Å². The number of ether oxygens (including phenoxy) is 1. The first-order valence-corrected chi connectivity index (χ1v) is 8.95. The first-order valence-electron chi connectivity index (χ1n) is 6.88. The Morgan fingerprint density at radius 3 is 3.04 bits per heavy atom. The van der Waals surface area contributed by atoms with Crippen LogP contribution < -0.4 is 10.6 Å². The minimum absolute atomic E-state index is 0.110. The maximum Gasteiger partial charge on any atom is 0.237 e. The molecule has 2 aromatic rings. The molecule has 6 nitrogen and oxygen atoms in total. The van der Waals surface area contributed by atoms with Gasteiger partial charge in [0.2, 0.25) is 11.0 Å². The average molecular weight is 373 g/mol. The van der Waals surface area contributed by atoms with Gasteiger partial charge in [0.1, 0.15) is 0 Å². The highest BCUT2D eigenvalue weighted by atomic mass is 35.5. The summed E-state index contributed by atoms with van der Waals surface area (Å²) < 4.78 is 5.69. The number of hydrogen-bond donors (Lipinski definition) is 2. The van der Waals surface area contributed by atoms with E-state index in [2.05, 4.69) is 20.8 Å². The lowest BCUT2D eigenvalue weighted by Gasteiger charge is -2.10. The van der Waals surface area contributed by atoms with Crippen LogP contribution in [0.4, 0.5) is 10.8 Å². The van der Waals surface area contributed by atoms with Gasteiger partial charge in [0.05, 0.1) is 11.9 Å². The zero-order valence-corrected chi connectivity index (χ0v) is 15.1. The van der Waals surface area contributed by atoms with Crippen LogP contribution in [0.1, 0.15) is 6.92 Å². The van der Waals surface area contributed by atoms with Crippen molar-refractivity contribution in [1.29, 1.82) is 0 Å². The van der Waals surface area contributed by atoms with Crippen LogP contribution in [-0.2, 0) is 9.53 Å². The van der Waals surface area contributed by atoms with Gasteiger partial charge in [-0.05, 0) is 25.1 Å². The number of carbonyl (C=O) groups is 1. The summed E-state index contributed by atoms with van der Waals surface area (Å²) in [4.78, 5) is 12.2. The molecule has 1 aromatic carbocycles. The van der Waals surface area contributed by atoms with Crippen molar-refractivity contribution in [2.75, 3.05) is 30.9 Å². The van der Waals surface area contributed by atoms with Gasteiger partial charge in [0, 0.05) is 24.4 Å². The Bertz CT molecular complexity index is 653. The van der Waals surface area contributed by atoms with E-state index in [4.69, 9.17) is 16.3 Å². The van der Waals surface area contributed by atoms with Gasteiger partial charge in [-0.25, -0.2) is 0 Å². The van der Waals surface area contributed by atoms with Crippen molar-refractivity contribution >= 4 is 51.4 Å². The maximum absolute atomic E-state index is 12.2. The topological polar surface area (TPSA) is 76.1 Å². The Hall–Kier alpha value is -1.35. The van der Waals surface area contributed by atoms with E-state index in [0.717, 1.165) is 4.34 Å². The summed E-state index contributed by atoms with van der Waals surface area (Å²) >= 11 is 8.68. The van der Waals surface area contributed by atoms with Gasteiger partial charge in [0.15, 0.2) is 4.34 Å². The predicted molar refractivity (Wildman–Crippen MR) is 95.7 cm³/mol. The fraction of sp³-hybridized carbons (Fsp3) is 0.357. The standard InChI is InChI=1S/C14H17ClN4O2S2/c1-9(12(20)17-11-5-3-4-10(15)8-11)22-14-19-18-13(23-14)16-6-7-21-2/h3-5,8-9H,6-7H2,1-2H3,(H,16,18)(H,17,20). The summed E-state index contributed by atoms with van der Waals surface area (Å²) in [6.45, 7) is 3.09. The summed E-state index contributed by atoms with van der Waals surface area (Å²) in [7, 11) is 1.64. The summed E-state index contributed by atoms with van der Waals surface area (Å²) in [5, 5.41) is 15.0. The number of rotatable bonds is 8. The lowest BCUT2D eigenvalue weighted by atomic mass is 10.3. The molecule has 0 saturated carbocycles. The van der Waals surface area contributed by atoms with Crippen LogP contribution in [-0.4, -0.2) is 41.6 Å². The molecule has 9 heteroatoms. The van der Waals surface area contributed by atoms with Crippen molar-refractivity contribution in [1.82, 2.24) is 10.2 Å². The SMILES string of the molecule is COCCNc1nnc(SC(C)C(=O)Nc2cccc(Cl)c2)s1. The van der Waals surface area contributed by atoms with Gasteiger partial charge in [-0.15, -0.1) is 10.2 Å². The van der Waals surface area contributed by atoms with Gasteiger partial charge in [-0.3, -0.25) is 4.79 Å². The van der Waals surface area contributed by atoms with E-state index in [1.165, 1.54) is 23.1 Å². The van der Waals surface area contributed by atoms with Gasteiger partial charge in [0.25, 0.3) is 0 Å². The number of carbonyl (C=O) groups excluding carboxylic acids is 1. The zero-order chi connectivity index (χ0) is 16.7. The molecule has 2 N–H and O–H groups in total. The zero-order valence-electron chi connectivity index (χ0n) is 12.7. The predicted octanol–water partition coefficient (Wildman–Crippen LogP) is 3.37. The lowest BCUT2D eigenvalue weighted by molar-refractivity contribution is -0.115. The molecule has 2 rings (SSSR count). The quantitative estimate of drug-likeness (QED) is 0.546. The minimum atomic E-state index is -0.297. The number of hydrogen-bond acceptors (Lipinski definition) is 7. The molecular weight excluding hydrogens is 356 g/mol. The highest BCUT2D eigenvalue weighted by molar-refractivity contribution is 8.02. The first kappa shape index (κ1) is 18.0. The summed E-state index contributed by atoms with van der Waals surface area (Å²) in [5.41, 5.74) is 0.675. The number of nitrogens with zero attached hydrogens (tertiary/aromatic N) is 2. The summed E-state index contributed by atoms with van der Waals surface area (Å²) in [6, 6.07) is 7.05. The molecule has 23 heavy (non-hydrogen) atoms. The van der Waals surface area contributed by atoms with Crippen LogP contribution in [0.2, 0.25) is 5.02 Å². The van der Waals surface area contributed by atoms with Crippen LogP contribution >= 0.6 is 34.7 Å². The number of halogens is 1. The number of nitrogens with one attached hydrogen (secondary N) is 2. The molecule has 1 atom stereocenters. The van der Waals surface area contributed by atoms with Crippen LogP contribution in [0, 0.1) is 0 Å². The molecule has 0 radical (unpaired) electrons. The minimum Gasteiger partial charge on any atom is -0.383 e. The molecule has 0 aliphatic rings. The molecule has 1 aromatic heterocycles. The number of amides is 1. The molecule has 0 bridgehead atoms. The fourth-order valence-electron chi connectivity index (χ4n) is 1.60. The third-order valence-corrected chi connectivity index (χ3v) is 5.03. The highest BCUT2D eigenvalue weighted by Gasteiger charge is 2.17. The molecule has 1 unspecified atom stereocenters. The number of aromatic nitrogens is 2. The molecule has 1 heterocycles. The molecule has 0 aliphatic heterocycles. The third kappa shape index (κ3) is 5.98. The van der Waals surface area contributed by atoms with Gasteiger partial charge in [-0.2, -0.15) is 0 Å². The van der Waals surface area contributed by atoms with Crippen molar-refractivity contribution < 1.29 is 9.53 Å². The van der Waals surface area contributed by atoms with Crippen molar-refractivity contribution in [2.24, 2.45) is 0 Å². The van der Waals surface area contributed by atoms with Crippen molar-refractivity contribution in [2.45, 2.75) is 16.5 Å². The highest BCUT2D eigenvalue weighted by Crippen LogP contribution is 2.29. The molecule has 124 valence electrons. The monoisotopic (exact) mass is 372 g/mol. The van der Waals surface area contributed by atoms with E-state index >= 15 is 0 Å². The van der Waals surface area contributed by atoms with Crippen LogP contribution in [0.5, 0.6) is 0 Å². The van der Waals surface area contributed by atoms with E-state index in [1.54, 1.807) is 31.4 Å². The van der Waals surface area contributed by atoms with Gasteiger partial charge in [-0.1, -0.05) is 40.8 Å². The molecule has 0 aliphatic carbocycles. The van der Waals surface area contributed by atoms with Crippen LogP contribution in [0.3, 0.4) is 0 Å². The lowest BCUT2D eigenvalue weighted by Crippen LogP contribution is -2.22. The van der Waals surface area contributed by atoms with Crippen molar-refractivity contribution in [3.05, 3.63) is 29.3 Å². The largest absolute Gasteiger partial charge is 0.383 e. The average Bonchev–Trinajstić information content (AvgIpc) is 2.95. The fourth-order valence-corrected chi connectivity index (χ4v) is 3.72. The van der Waals surface area contributed by atoms with E-state index in [1.807, 2.05) is 6.92 Å². The summed E-state index contributed by atoms with van der Waals surface area (Å²) in [6.07, 6.45) is 0. The molecule has 0 fully saturated rings. The molecule has 1 amide bonds. The van der Waals surface area contributed by atoms with Crippen LogP contribution in [0.15, 0.2) is 28.6 Å². The van der Waals surface area contributed by atoms with Gasteiger partial charge < -0.3 is 15.4 Å². The molecule has 0 saturated heterocycles. The summed E-state index contributed by atoms with van der Waals surface area (Å²) in [5.74, 6) is -0.110. The first-order chi connectivity index (χ1) is 11.1. The Kier molecular flexibility index (Phi) is 7.10. The van der Waals surface area contributed by atoms with E-state index in [0.29, 0.717) is 29.0 Å². The number of thioether (sulfide) groups is 1. The molecule has 0 spiro atoms. The Balaban J connectivity index is 1.85. The third-order valence-electron chi connectivity index (χ3n) is 2.73. The number of methoxy groups -OCH3 is 1. The number of benzene rings is 1. The van der Waals surface area contributed by atoms with Crippen LogP contribution in [0.25, 0.3) is 0 Å². The molecular formula is C14H17ClN4O2S2. The second-order valence-corrected chi connectivity index (χ2v) is 7.55. The number of anilines is 2. The second kappa shape index (κ2) is 9.07. The Labute approximate surface area is 148 Å². The van der Waals surface area contributed by atoms with Gasteiger partial charge >= 0.3 is 0 Å².